The number of rotatable bonds is 4. The van der Waals surface area contributed by atoms with E-state index in [9.17, 15) is 4.79 Å². The molecule has 1 atom stereocenters. The van der Waals surface area contributed by atoms with Gasteiger partial charge >= 0.3 is 6.03 Å². The van der Waals surface area contributed by atoms with Gasteiger partial charge in [-0.05, 0) is 36.6 Å². The second-order valence-corrected chi connectivity index (χ2v) is 6.13. The molecule has 23 heavy (non-hydrogen) atoms. The van der Waals surface area contributed by atoms with E-state index in [1.807, 2.05) is 48.3 Å². The van der Waals surface area contributed by atoms with Gasteiger partial charge in [-0.25, -0.2) is 4.79 Å². The summed E-state index contributed by atoms with van der Waals surface area (Å²) in [7, 11) is 0. The van der Waals surface area contributed by atoms with Gasteiger partial charge in [0.25, 0.3) is 0 Å². The molecule has 0 spiro atoms. The van der Waals surface area contributed by atoms with Crippen molar-refractivity contribution in [3.05, 3.63) is 47.8 Å². The Hall–Kier alpha value is -2.34. The maximum atomic E-state index is 12.2. The highest BCUT2D eigenvalue weighted by molar-refractivity contribution is 5.89. The van der Waals surface area contributed by atoms with Gasteiger partial charge < -0.3 is 15.3 Å². The number of aliphatic hydroxyl groups excluding tert-OH is 1. The number of aliphatic hydroxyl groups is 1. The Labute approximate surface area is 135 Å². The van der Waals surface area contributed by atoms with Crippen LogP contribution in [0.1, 0.15) is 17.5 Å². The van der Waals surface area contributed by atoms with Crippen molar-refractivity contribution in [3.8, 4) is 0 Å². The predicted molar refractivity (Wildman–Crippen MR) is 88.3 cm³/mol. The van der Waals surface area contributed by atoms with Gasteiger partial charge in [0.1, 0.15) is 0 Å². The number of nitrogens with zero attached hydrogens (tertiary/aromatic N) is 3. The van der Waals surface area contributed by atoms with E-state index in [2.05, 4.69) is 10.4 Å². The van der Waals surface area contributed by atoms with Crippen molar-refractivity contribution in [2.24, 2.45) is 5.92 Å². The first-order valence-electron chi connectivity index (χ1n) is 7.89. The van der Waals surface area contributed by atoms with Gasteiger partial charge in [-0.1, -0.05) is 12.1 Å². The van der Waals surface area contributed by atoms with Gasteiger partial charge in [0.05, 0.1) is 12.7 Å². The van der Waals surface area contributed by atoms with Crippen LogP contribution in [0.5, 0.6) is 0 Å². The molecular weight excluding hydrogens is 292 g/mol. The number of aromatic nitrogens is 2. The van der Waals surface area contributed by atoms with E-state index in [0.29, 0.717) is 19.6 Å². The van der Waals surface area contributed by atoms with Crippen molar-refractivity contribution in [3.63, 3.8) is 0 Å². The third-order valence-corrected chi connectivity index (χ3v) is 4.14. The monoisotopic (exact) mass is 314 g/mol. The van der Waals surface area contributed by atoms with Gasteiger partial charge in [-0.3, -0.25) is 4.68 Å². The summed E-state index contributed by atoms with van der Waals surface area (Å²) >= 11 is 0. The minimum Gasteiger partial charge on any atom is -0.396 e. The standard InChI is InChI=1S/C17H22N4O2/c1-13-8-18-21(9-13)11-14-2-4-16(5-3-14)19-17(23)20-7-6-15(10-20)12-22/h2-5,8-9,15,22H,6-7,10-12H2,1H3,(H,19,23). The van der Waals surface area contributed by atoms with Crippen molar-refractivity contribution >= 4 is 11.7 Å². The largest absolute Gasteiger partial charge is 0.396 e. The van der Waals surface area contributed by atoms with Gasteiger partial charge in [0, 0.05) is 37.5 Å². The number of hydrogen-bond acceptors (Lipinski definition) is 3. The van der Waals surface area contributed by atoms with Crippen LogP contribution in [0.25, 0.3) is 0 Å². The molecule has 0 aliphatic carbocycles. The summed E-state index contributed by atoms with van der Waals surface area (Å²) in [5.41, 5.74) is 3.05. The lowest BCUT2D eigenvalue weighted by Gasteiger charge is -2.17. The van der Waals surface area contributed by atoms with Crippen LogP contribution in [-0.4, -0.2) is 45.5 Å². The minimum atomic E-state index is -0.101. The van der Waals surface area contributed by atoms with E-state index in [-0.39, 0.29) is 18.6 Å². The van der Waals surface area contributed by atoms with Crippen LogP contribution < -0.4 is 5.32 Å². The summed E-state index contributed by atoms with van der Waals surface area (Å²) in [6.45, 7) is 4.20. The van der Waals surface area contributed by atoms with E-state index in [1.165, 1.54) is 0 Å². The quantitative estimate of drug-likeness (QED) is 0.908. The number of benzene rings is 1. The molecule has 2 heterocycles. The molecule has 1 aromatic carbocycles. The molecule has 1 unspecified atom stereocenters. The Bertz CT molecular complexity index is 665. The van der Waals surface area contributed by atoms with E-state index < -0.39 is 0 Å². The van der Waals surface area contributed by atoms with Crippen molar-refractivity contribution in [1.29, 1.82) is 0 Å². The average molecular weight is 314 g/mol. The summed E-state index contributed by atoms with van der Waals surface area (Å²) in [6, 6.07) is 7.70. The second-order valence-electron chi connectivity index (χ2n) is 6.13. The van der Waals surface area contributed by atoms with Crippen LogP contribution in [0.15, 0.2) is 36.7 Å². The Morgan fingerprint density at radius 3 is 2.78 bits per heavy atom. The molecule has 3 rings (SSSR count). The summed E-state index contributed by atoms with van der Waals surface area (Å²) in [5.74, 6) is 0.209. The lowest BCUT2D eigenvalue weighted by molar-refractivity contribution is 0.209. The highest BCUT2D eigenvalue weighted by Gasteiger charge is 2.25. The normalized spacial score (nSPS) is 17.5. The van der Waals surface area contributed by atoms with Crippen LogP contribution in [0, 0.1) is 12.8 Å². The summed E-state index contributed by atoms with van der Waals surface area (Å²) in [5, 5.41) is 16.3. The zero-order valence-electron chi connectivity index (χ0n) is 13.3. The lowest BCUT2D eigenvalue weighted by atomic mass is 10.1. The molecule has 122 valence electrons. The van der Waals surface area contributed by atoms with Crippen LogP contribution in [0.2, 0.25) is 0 Å². The second kappa shape index (κ2) is 6.83. The topological polar surface area (TPSA) is 70.4 Å². The SMILES string of the molecule is Cc1cnn(Cc2ccc(NC(=O)N3CCC(CO)C3)cc2)c1. The van der Waals surface area contributed by atoms with Gasteiger partial charge in [0.2, 0.25) is 0 Å². The molecule has 1 aliphatic heterocycles. The van der Waals surface area contributed by atoms with Crippen molar-refractivity contribution in [1.82, 2.24) is 14.7 Å². The maximum absolute atomic E-state index is 12.2. The smallest absolute Gasteiger partial charge is 0.321 e. The predicted octanol–water partition coefficient (Wildman–Crippen LogP) is 2.09. The summed E-state index contributed by atoms with van der Waals surface area (Å²) in [6.07, 6.45) is 4.71. The number of likely N-dealkylation sites (tertiary alicyclic amines) is 1. The van der Waals surface area contributed by atoms with Gasteiger partial charge in [0.15, 0.2) is 0 Å². The summed E-state index contributed by atoms with van der Waals surface area (Å²) in [4.78, 5) is 13.9. The zero-order chi connectivity index (χ0) is 16.2. The average Bonchev–Trinajstić information content (AvgIpc) is 3.18. The fraction of sp³-hybridized carbons (Fsp3) is 0.412. The molecule has 2 aromatic rings. The molecular formula is C17H22N4O2. The highest BCUT2D eigenvalue weighted by Crippen LogP contribution is 2.17. The minimum absolute atomic E-state index is 0.101. The molecule has 0 bridgehead atoms. The number of amides is 2. The number of aryl methyl sites for hydroxylation is 1. The first-order valence-corrected chi connectivity index (χ1v) is 7.89. The van der Waals surface area contributed by atoms with E-state index in [0.717, 1.165) is 23.2 Å². The fourth-order valence-electron chi connectivity index (χ4n) is 2.80. The molecule has 1 saturated heterocycles. The molecule has 1 aromatic heterocycles. The Morgan fingerprint density at radius 2 is 2.17 bits per heavy atom. The Kier molecular flexibility index (Phi) is 4.62. The third kappa shape index (κ3) is 3.90. The number of anilines is 1. The van der Waals surface area contributed by atoms with Crippen LogP contribution >= 0.6 is 0 Å². The molecule has 1 aliphatic rings. The van der Waals surface area contributed by atoms with Crippen LogP contribution in [-0.2, 0) is 6.54 Å². The van der Waals surface area contributed by atoms with Crippen LogP contribution in [0.4, 0.5) is 10.5 Å². The van der Waals surface area contributed by atoms with Crippen molar-refractivity contribution in [2.45, 2.75) is 19.9 Å². The van der Waals surface area contributed by atoms with Gasteiger partial charge in [-0.15, -0.1) is 0 Å². The molecule has 2 N–H and O–H groups in total. The first-order chi connectivity index (χ1) is 11.1. The highest BCUT2D eigenvalue weighted by atomic mass is 16.3. The lowest BCUT2D eigenvalue weighted by Crippen LogP contribution is -2.33. The van der Waals surface area contributed by atoms with Crippen molar-refractivity contribution < 1.29 is 9.90 Å². The summed E-state index contributed by atoms with van der Waals surface area (Å²) < 4.78 is 1.89. The number of urea groups is 1. The fourth-order valence-corrected chi connectivity index (χ4v) is 2.80. The molecule has 0 saturated carbocycles. The van der Waals surface area contributed by atoms with Gasteiger partial charge in [-0.2, -0.15) is 5.10 Å². The van der Waals surface area contributed by atoms with Crippen LogP contribution in [0.3, 0.4) is 0 Å². The van der Waals surface area contributed by atoms with E-state index in [4.69, 9.17) is 5.11 Å². The third-order valence-electron chi connectivity index (χ3n) is 4.14. The molecule has 2 amide bonds. The number of hydrogen-bond donors (Lipinski definition) is 2. The number of nitrogens with one attached hydrogen (secondary N) is 1. The maximum Gasteiger partial charge on any atom is 0.321 e. The molecule has 1 fully saturated rings. The van der Waals surface area contributed by atoms with E-state index in [1.54, 1.807) is 4.90 Å². The first kappa shape index (κ1) is 15.6. The number of carbonyl (C=O) groups is 1. The number of carbonyl (C=O) groups excluding carboxylic acids is 1. The Balaban J connectivity index is 1.56. The molecule has 0 radical (unpaired) electrons. The van der Waals surface area contributed by atoms with E-state index >= 15 is 0 Å². The zero-order valence-corrected chi connectivity index (χ0v) is 13.3. The Morgan fingerprint density at radius 1 is 1.39 bits per heavy atom. The molecule has 6 heteroatoms. The molecule has 6 nitrogen and oxygen atoms in total. The van der Waals surface area contributed by atoms with Crippen molar-refractivity contribution in [2.75, 3.05) is 25.0 Å².